The quantitative estimate of drug-likeness (QED) is 0.745. The van der Waals surface area contributed by atoms with Gasteiger partial charge in [0.25, 0.3) is 0 Å². The second-order valence-electron chi connectivity index (χ2n) is 8.02. The van der Waals surface area contributed by atoms with Gasteiger partial charge >= 0.3 is 5.97 Å². The largest absolute Gasteiger partial charge is 0.478 e. The lowest BCUT2D eigenvalue weighted by molar-refractivity contribution is 0.0694. The number of rotatable bonds is 5. The van der Waals surface area contributed by atoms with Crippen molar-refractivity contribution in [2.45, 2.75) is 46.5 Å². The van der Waals surface area contributed by atoms with Crippen molar-refractivity contribution in [1.29, 1.82) is 0 Å². The van der Waals surface area contributed by atoms with Crippen LogP contribution in [0.3, 0.4) is 0 Å². The SMILES string of the molecule is CC(C)(C)CC(C)(C)c1ccccc1Oc1ccccc1C(=O)O. The molecular weight excluding hydrogens is 300 g/mol. The summed E-state index contributed by atoms with van der Waals surface area (Å²) < 4.78 is 6.02. The predicted molar refractivity (Wildman–Crippen MR) is 97.0 cm³/mol. The highest BCUT2D eigenvalue weighted by molar-refractivity contribution is 5.90. The number of hydrogen-bond acceptors (Lipinski definition) is 2. The Labute approximate surface area is 144 Å². The molecule has 2 aromatic carbocycles. The van der Waals surface area contributed by atoms with Gasteiger partial charge in [-0.2, -0.15) is 0 Å². The Morgan fingerprint density at radius 3 is 2.04 bits per heavy atom. The van der Waals surface area contributed by atoms with Gasteiger partial charge in [0.1, 0.15) is 17.1 Å². The van der Waals surface area contributed by atoms with E-state index < -0.39 is 5.97 Å². The lowest BCUT2D eigenvalue weighted by atomic mass is 9.72. The van der Waals surface area contributed by atoms with E-state index in [0.717, 1.165) is 12.0 Å². The third-order valence-corrected chi connectivity index (χ3v) is 3.93. The fourth-order valence-electron chi connectivity index (χ4n) is 3.39. The zero-order valence-electron chi connectivity index (χ0n) is 15.1. The average Bonchev–Trinajstić information content (AvgIpc) is 2.45. The number of ether oxygens (including phenoxy) is 1. The second-order valence-corrected chi connectivity index (χ2v) is 8.02. The van der Waals surface area contributed by atoms with E-state index in [1.54, 1.807) is 24.3 Å². The van der Waals surface area contributed by atoms with Gasteiger partial charge in [0.2, 0.25) is 0 Å². The van der Waals surface area contributed by atoms with Crippen LogP contribution in [0.1, 0.15) is 57.0 Å². The summed E-state index contributed by atoms with van der Waals surface area (Å²) in [5.74, 6) is 0.0847. The number of para-hydroxylation sites is 2. The first-order chi connectivity index (χ1) is 11.1. The minimum absolute atomic E-state index is 0.0903. The predicted octanol–water partition coefficient (Wildman–Crippen LogP) is 5.89. The maximum atomic E-state index is 11.4. The van der Waals surface area contributed by atoms with Crippen molar-refractivity contribution in [3.05, 3.63) is 59.7 Å². The van der Waals surface area contributed by atoms with Crippen molar-refractivity contribution >= 4 is 5.97 Å². The lowest BCUT2D eigenvalue weighted by Gasteiger charge is -2.34. The van der Waals surface area contributed by atoms with E-state index in [-0.39, 0.29) is 16.4 Å². The molecule has 0 aliphatic carbocycles. The smallest absolute Gasteiger partial charge is 0.339 e. The number of benzene rings is 2. The highest BCUT2D eigenvalue weighted by Gasteiger charge is 2.30. The van der Waals surface area contributed by atoms with Crippen LogP contribution in [-0.4, -0.2) is 11.1 Å². The molecule has 0 saturated carbocycles. The van der Waals surface area contributed by atoms with Crippen molar-refractivity contribution in [2.75, 3.05) is 0 Å². The Hall–Kier alpha value is -2.29. The minimum Gasteiger partial charge on any atom is -0.478 e. The van der Waals surface area contributed by atoms with Crippen molar-refractivity contribution in [1.82, 2.24) is 0 Å². The van der Waals surface area contributed by atoms with E-state index in [4.69, 9.17) is 4.74 Å². The molecule has 0 fully saturated rings. The molecule has 0 atom stereocenters. The molecule has 0 amide bonds. The van der Waals surface area contributed by atoms with Crippen LogP contribution in [-0.2, 0) is 5.41 Å². The van der Waals surface area contributed by atoms with Crippen LogP contribution in [0.4, 0.5) is 0 Å². The van der Waals surface area contributed by atoms with Gasteiger partial charge in [-0.1, -0.05) is 65.0 Å². The maximum Gasteiger partial charge on any atom is 0.339 e. The fourth-order valence-corrected chi connectivity index (χ4v) is 3.39. The van der Waals surface area contributed by atoms with E-state index in [9.17, 15) is 9.90 Å². The van der Waals surface area contributed by atoms with Gasteiger partial charge in [-0.15, -0.1) is 0 Å². The first kappa shape index (κ1) is 18.1. The second kappa shape index (κ2) is 6.68. The third-order valence-electron chi connectivity index (χ3n) is 3.93. The Morgan fingerprint density at radius 1 is 0.917 bits per heavy atom. The first-order valence-electron chi connectivity index (χ1n) is 8.20. The molecule has 3 heteroatoms. The summed E-state index contributed by atoms with van der Waals surface area (Å²) >= 11 is 0. The summed E-state index contributed by atoms with van der Waals surface area (Å²) in [5, 5.41) is 9.35. The monoisotopic (exact) mass is 326 g/mol. The first-order valence-corrected chi connectivity index (χ1v) is 8.20. The summed E-state index contributed by atoms with van der Waals surface area (Å²) in [6.07, 6.45) is 0.987. The molecule has 0 aliphatic rings. The van der Waals surface area contributed by atoms with Gasteiger partial charge in [-0.05, 0) is 35.4 Å². The molecule has 0 unspecified atom stereocenters. The highest BCUT2D eigenvalue weighted by atomic mass is 16.5. The molecule has 0 radical (unpaired) electrons. The Bertz CT molecular complexity index is 724. The fraction of sp³-hybridized carbons (Fsp3) is 0.381. The number of carboxylic acids is 1. The van der Waals surface area contributed by atoms with Crippen LogP contribution in [0.25, 0.3) is 0 Å². The molecule has 0 aliphatic heterocycles. The topological polar surface area (TPSA) is 46.5 Å². The van der Waals surface area contributed by atoms with E-state index in [0.29, 0.717) is 11.5 Å². The molecule has 0 bridgehead atoms. The molecular formula is C21H26O3. The molecule has 128 valence electrons. The van der Waals surface area contributed by atoms with Gasteiger partial charge in [0.05, 0.1) is 0 Å². The summed E-state index contributed by atoms with van der Waals surface area (Å²) in [5.41, 5.74) is 1.34. The molecule has 1 N–H and O–H groups in total. The van der Waals surface area contributed by atoms with Crippen LogP contribution in [0.2, 0.25) is 0 Å². The summed E-state index contributed by atoms with van der Waals surface area (Å²) in [6, 6.07) is 14.6. The van der Waals surface area contributed by atoms with Crippen molar-refractivity contribution < 1.29 is 14.6 Å². The molecule has 24 heavy (non-hydrogen) atoms. The van der Waals surface area contributed by atoms with Gasteiger partial charge in [-0.25, -0.2) is 4.79 Å². The summed E-state index contributed by atoms with van der Waals surface area (Å²) in [6.45, 7) is 11.1. The van der Waals surface area contributed by atoms with Crippen molar-refractivity contribution in [2.24, 2.45) is 5.41 Å². The van der Waals surface area contributed by atoms with E-state index in [2.05, 4.69) is 40.7 Å². The summed E-state index contributed by atoms with van der Waals surface area (Å²) in [7, 11) is 0. The maximum absolute atomic E-state index is 11.4. The molecule has 0 heterocycles. The van der Waals surface area contributed by atoms with E-state index >= 15 is 0 Å². The number of hydrogen-bond donors (Lipinski definition) is 1. The number of aromatic carboxylic acids is 1. The number of carboxylic acid groups (broad SMARTS) is 1. The van der Waals surface area contributed by atoms with Crippen LogP contribution in [0, 0.1) is 5.41 Å². The van der Waals surface area contributed by atoms with E-state index in [1.807, 2.05) is 18.2 Å². The molecule has 2 rings (SSSR count). The summed E-state index contributed by atoms with van der Waals surface area (Å²) in [4.78, 5) is 11.4. The number of carbonyl (C=O) groups is 1. The molecule has 0 spiro atoms. The minimum atomic E-state index is -0.989. The van der Waals surface area contributed by atoms with Gasteiger partial charge in [0.15, 0.2) is 0 Å². The highest BCUT2D eigenvalue weighted by Crippen LogP contribution is 2.41. The molecule has 3 nitrogen and oxygen atoms in total. The van der Waals surface area contributed by atoms with Crippen molar-refractivity contribution in [3.8, 4) is 11.5 Å². The third kappa shape index (κ3) is 4.38. The van der Waals surface area contributed by atoms with Gasteiger partial charge in [0, 0.05) is 5.56 Å². The lowest BCUT2D eigenvalue weighted by Crippen LogP contribution is -2.25. The standard InChI is InChI=1S/C21H26O3/c1-20(2,3)14-21(4,5)16-11-7-9-13-18(16)24-17-12-8-6-10-15(17)19(22)23/h6-13H,14H2,1-5H3,(H,22,23). The zero-order valence-corrected chi connectivity index (χ0v) is 15.1. The van der Waals surface area contributed by atoms with Gasteiger partial charge in [-0.3, -0.25) is 0 Å². The average molecular weight is 326 g/mol. The van der Waals surface area contributed by atoms with Gasteiger partial charge < -0.3 is 9.84 Å². The Balaban J connectivity index is 2.42. The Kier molecular flexibility index (Phi) is 5.02. The Morgan fingerprint density at radius 2 is 1.46 bits per heavy atom. The van der Waals surface area contributed by atoms with Crippen LogP contribution < -0.4 is 4.74 Å². The van der Waals surface area contributed by atoms with Crippen molar-refractivity contribution in [3.63, 3.8) is 0 Å². The molecule has 2 aromatic rings. The normalized spacial score (nSPS) is 12.0. The molecule has 0 aromatic heterocycles. The van der Waals surface area contributed by atoms with Crippen LogP contribution in [0.5, 0.6) is 11.5 Å². The molecule has 0 saturated heterocycles. The van der Waals surface area contributed by atoms with Crippen LogP contribution in [0.15, 0.2) is 48.5 Å². The van der Waals surface area contributed by atoms with E-state index in [1.165, 1.54) is 0 Å². The zero-order chi connectivity index (χ0) is 18.0. The van der Waals surface area contributed by atoms with Crippen LogP contribution >= 0.6 is 0 Å².